The average Bonchev–Trinajstić information content (AvgIpc) is 3.14. The Balaban J connectivity index is 1.61. The van der Waals surface area contributed by atoms with Crippen molar-refractivity contribution in [2.75, 3.05) is 39.3 Å². The molecular formula is C22H28N2O3. The Morgan fingerprint density at radius 2 is 1.89 bits per heavy atom. The minimum atomic E-state index is -0.170. The first-order valence-electron chi connectivity index (χ1n) is 9.35. The first-order valence-corrected chi connectivity index (χ1v) is 9.35. The molecule has 0 saturated heterocycles. The molecule has 27 heavy (non-hydrogen) atoms. The third kappa shape index (κ3) is 4.08. The minimum absolute atomic E-state index is 0.162. The molecule has 0 spiro atoms. The van der Waals surface area contributed by atoms with Crippen LogP contribution in [0.4, 0.5) is 5.69 Å². The normalized spacial score (nSPS) is 14.2. The molecule has 0 N–H and O–H groups in total. The number of amides is 1. The van der Waals surface area contributed by atoms with Gasteiger partial charge >= 0.3 is 0 Å². The summed E-state index contributed by atoms with van der Waals surface area (Å²) in [6.07, 6.45) is 1.77. The molecule has 0 fully saturated rings. The summed E-state index contributed by atoms with van der Waals surface area (Å²) in [6.45, 7) is 3.54. The smallest absolute Gasteiger partial charge is 0.244 e. The second-order valence-corrected chi connectivity index (χ2v) is 6.96. The number of nitrogens with zero attached hydrogens (tertiary/aromatic N) is 2. The lowest BCUT2D eigenvalue weighted by atomic mass is 10.1. The van der Waals surface area contributed by atoms with Crippen LogP contribution in [0.3, 0.4) is 0 Å². The zero-order valence-corrected chi connectivity index (χ0v) is 16.6. The van der Waals surface area contributed by atoms with E-state index in [1.807, 2.05) is 55.3 Å². The molecule has 2 aromatic rings. The summed E-state index contributed by atoms with van der Waals surface area (Å²) in [7, 11) is 5.28. The number of likely N-dealkylation sites (N-methyl/N-ethyl adjacent to an activating group) is 1. The van der Waals surface area contributed by atoms with Gasteiger partial charge in [-0.25, -0.2) is 0 Å². The fourth-order valence-corrected chi connectivity index (χ4v) is 3.52. The standard InChI is InChI=1S/C22H28N2O3/c1-16(22(25)24-14-12-18-7-5-6-8-19(18)24)23(2)13-11-17-9-10-20(26-3)21(15-17)27-4/h5-10,15-16H,11-14H2,1-4H3/t16-/m1/s1. The number of hydrogen-bond donors (Lipinski definition) is 0. The maximum Gasteiger partial charge on any atom is 0.244 e. The summed E-state index contributed by atoms with van der Waals surface area (Å²) < 4.78 is 10.7. The van der Waals surface area contributed by atoms with E-state index in [-0.39, 0.29) is 11.9 Å². The molecule has 0 unspecified atom stereocenters. The Morgan fingerprint density at radius 3 is 2.63 bits per heavy atom. The van der Waals surface area contributed by atoms with Crippen molar-refractivity contribution in [3.05, 3.63) is 53.6 Å². The van der Waals surface area contributed by atoms with E-state index < -0.39 is 0 Å². The third-order valence-electron chi connectivity index (χ3n) is 5.37. The molecule has 1 heterocycles. The molecular weight excluding hydrogens is 340 g/mol. The topological polar surface area (TPSA) is 42.0 Å². The van der Waals surface area contributed by atoms with Crippen LogP contribution in [-0.2, 0) is 17.6 Å². The molecule has 1 aliphatic heterocycles. The van der Waals surface area contributed by atoms with Crippen molar-refractivity contribution >= 4 is 11.6 Å². The maximum absolute atomic E-state index is 13.0. The third-order valence-corrected chi connectivity index (χ3v) is 5.37. The lowest BCUT2D eigenvalue weighted by molar-refractivity contribution is -0.122. The highest BCUT2D eigenvalue weighted by Crippen LogP contribution is 2.29. The van der Waals surface area contributed by atoms with Gasteiger partial charge in [-0.05, 0) is 56.1 Å². The van der Waals surface area contributed by atoms with E-state index in [1.54, 1.807) is 14.2 Å². The molecule has 144 valence electrons. The van der Waals surface area contributed by atoms with Gasteiger partial charge in [0.2, 0.25) is 5.91 Å². The Labute approximate surface area is 161 Å². The van der Waals surface area contributed by atoms with Crippen molar-refractivity contribution in [3.63, 3.8) is 0 Å². The second-order valence-electron chi connectivity index (χ2n) is 6.96. The van der Waals surface area contributed by atoms with E-state index in [0.29, 0.717) is 0 Å². The first-order chi connectivity index (χ1) is 13.0. The molecule has 2 aromatic carbocycles. The fraction of sp³-hybridized carbons (Fsp3) is 0.409. The Hall–Kier alpha value is -2.53. The number of benzene rings is 2. The molecule has 3 rings (SSSR count). The lowest BCUT2D eigenvalue weighted by Crippen LogP contribution is -2.45. The molecule has 1 atom stereocenters. The van der Waals surface area contributed by atoms with Crippen molar-refractivity contribution in [2.24, 2.45) is 0 Å². The average molecular weight is 368 g/mol. The first kappa shape index (κ1) is 19.2. The highest BCUT2D eigenvalue weighted by molar-refractivity contribution is 5.98. The van der Waals surface area contributed by atoms with Gasteiger partial charge in [0, 0.05) is 18.8 Å². The zero-order chi connectivity index (χ0) is 19.4. The Morgan fingerprint density at radius 1 is 1.15 bits per heavy atom. The predicted molar refractivity (Wildman–Crippen MR) is 108 cm³/mol. The van der Waals surface area contributed by atoms with Gasteiger partial charge in [0.25, 0.3) is 0 Å². The van der Waals surface area contributed by atoms with Gasteiger partial charge in [-0.2, -0.15) is 0 Å². The quantitative estimate of drug-likeness (QED) is 0.753. The van der Waals surface area contributed by atoms with Crippen LogP contribution in [0, 0.1) is 0 Å². The van der Waals surface area contributed by atoms with Crippen molar-refractivity contribution in [1.29, 1.82) is 0 Å². The molecule has 1 amide bonds. The highest BCUT2D eigenvalue weighted by Gasteiger charge is 2.29. The Kier molecular flexibility index (Phi) is 6.01. The van der Waals surface area contributed by atoms with E-state index in [2.05, 4.69) is 11.0 Å². The highest BCUT2D eigenvalue weighted by atomic mass is 16.5. The molecule has 5 heteroatoms. The van der Waals surface area contributed by atoms with Crippen LogP contribution in [0.5, 0.6) is 11.5 Å². The molecule has 0 saturated carbocycles. The maximum atomic E-state index is 13.0. The lowest BCUT2D eigenvalue weighted by Gasteiger charge is -2.28. The van der Waals surface area contributed by atoms with Gasteiger partial charge in [0.15, 0.2) is 11.5 Å². The van der Waals surface area contributed by atoms with Crippen LogP contribution < -0.4 is 14.4 Å². The van der Waals surface area contributed by atoms with E-state index in [9.17, 15) is 4.79 Å². The van der Waals surface area contributed by atoms with Crippen molar-refractivity contribution in [2.45, 2.75) is 25.8 Å². The van der Waals surface area contributed by atoms with E-state index in [4.69, 9.17) is 9.47 Å². The number of carbonyl (C=O) groups excluding carboxylic acids is 1. The summed E-state index contributed by atoms with van der Waals surface area (Å²) in [6, 6.07) is 14.0. The summed E-state index contributed by atoms with van der Waals surface area (Å²) >= 11 is 0. The zero-order valence-electron chi connectivity index (χ0n) is 16.6. The fourth-order valence-electron chi connectivity index (χ4n) is 3.52. The van der Waals surface area contributed by atoms with Gasteiger partial charge in [0.1, 0.15) is 0 Å². The Bertz CT molecular complexity index is 806. The van der Waals surface area contributed by atoms with Gasteiger partial charge < -0.3 is 14.4 Å². The van der Waals surface area contributed by atoms with Crippen molar-refractivity contribution in [3.8, 4) is 11.5 Å². The number of methoxy groups -OCH3 is 2. The van der Waals surface area contributed by atoms with Crippen LogP contribution in [0.25, 0.3) is 0 Å². The van der Waals surface area contributed by atoms with E-state index in [0.717, 1.165) is 48.7 Å². The van der Waals surface area contributed by atoms with Gasteiger partial charge in [0.05, 0.1) is 20.3 Å². The summed E-state index contributed by atoms with van der Waals surface area (Å²) in [5, 5.41) is 0. The van der Waals surface area contributed by atoms with Gasteiger partial charge in [-0.3, -0.25) is 9.69 Å². The number of ether oxygens (including phenoxy) is 2. The number of rotatable bonds is 7. The van der Waals surface area contributed by atoms with Crippen molar-refractivity contribution < 1.29 is 14.3 Å². The number of hydrogen-bond acceptors (Lipinski definition) is 4. The summed E-state index contributed by atoms with van der Waals surface area (Å²) in [5.74, 6) is 1.62. The van der Waals surface area contributed by atoms with E-state index in [1.165, 1.54) is 5.56 Å². The van der Waals surface area contributed by atoms with Crippen LogP contribution in [0.1, 0.15) is 18.1 Å². The molecule has 0 aromatic heterocycles. The largest absolute Gasteiger partial charge is 0.493 e. The molecule has 0 bridgehead atoms. The predicted octanol–water partition coefficient (Wildman–Crippen LogP) is 3.16. The SMILES string of the molecule is COc1ccc(CCN(C)[C@H](C)C(=O)N2CCc3ccccc32)cc1OC. The number of fused-ring (bicyclic) bond motifs is 1. The number of anilines is 1. The summed E-state index contributed by atoms with van der Waals surface area (Å²) in [4.78, 5) is 17.0. The van der Waals surface area contributed by atoms with Crippen LogP contribution in [0.15, 0.2) is 42.5 Å². The monoisotopic (exact) mass is 368 g/mol. The van der Waals surface area contributed by atoms with Gasteiger partial charge in [-0.15, -0.1) is 0 Å². The molecule has 0 radical (unpaired) electrons. The van der Waals surface area contributed by atoms with Crippen molar-refractivity contribution in [1.82, 2.24) is 4.90 Å². The molecule has 0 aliphatic carbocycles. The van der Waals surface area contributed by atoms with Crippen LogP contribution >= 0.6 is 0 Å². The molecule has 1 aliphatic rings. The summed E-state index contributed by atoms with van der Waals surface area (Å²) in [5.41, 5.74) is 3.47. The number of para-hydroxylation sites is 1. The van der Waals surface area contributed by atoms with Crippen LogP contribution in [0.2, 0.25) is 0 Å². The van der Waals surface area contributed by atoms with Gasteiger partial charge in [-0.1, -0.05) is 24.3 Å². The van der Waals surface area contributed by atoms with Crippen LogP contribution in [-0.4, -0.2) is 51.2 Å². The molecule has 5 nitrogen and oxygen atoms in total. The second kappa shape index (κ2) is 8.44. The van der Waals surface area contributed by atoms with E-state index >= 15 is 0 Å². The minimum Gasteiger partial charge on any atom is -0.493 e. The number of carbonyl (C=O) groups is 1.